The molecule has 1 aliphatic rings. The number of nitrogens with zero attached hydrogens (tertiary/aromatic N) is 2. The van der Waals surface area contributed by atoms with Crippen LogP contribution in [0.4, 0.5) is 0 Å². The van der Waals surface area contributed by atoms with E-state index in [0.29, 0.717) is 14.0 Å². The lowest BCUT2D eigenvalue weighted by molar-refractivity contribution is 0.545. The summed E-state index contributed by atoms with van der Waals surface area (Å²) in [6.07, 6.45) is 0. The molecule has 0 spiro atoms. The molecule has 0 bridgehead atoms. The SMILES string of the molecule is CB1N(C)B(C)N1C. The highest BCUT2D eigenvalue weighted by molar-refractivity contribution is 6.84. The molecule has 0 N–H and O–H groups in total. The van der Waals surface area contributed by atoms with Crippen molar-refractivity contribution in [3.63, 3.8) is 0 Å². The zero-order chi connectivity index (χ0) is 6.31. The first-order valence-corrected chi connectivity index (χ1v) is 3.08. The average Bonchev–Trinajstić information content (AvgIpc) is 1.83. The van der Waals surface area contributed by atoms with E-state index >= 15 is 0 Å². The Morgan fingerprint density at radius 2 is 1.12 bits per heavy atom. The molecule has 4 heteroatoms. The molecular formula is C4H12B2N2. The van der Waals surface area contributed by atoms with Crippen molar-refractivity contribution < 1.29 is 0 Å². The molecule has 0 atom stereocenters. The Morgan fingerprint density at radius 1 is 0.875 bits per heavy atom. The minimum atomic E-state index is 0.644. The van der Waals surface area contributed by atoms with Crippen molar-refractivity contribution in [2.45, 2.75) is 13.6 Å². The molecular weight excluding hydrogens is 97.7 g/mol. The lowest BCUT2D eigenvalue weighted by atomic mass is 9.46. The second kappa shape index (κ2) is 1.78. The molecule has 0 unspecified atom stereocenters. The Bertz CT molecular complexity index is 66.0. The van der Waals surface area contributed by atoms with Crippen LogP contribution in [-0.2, 0) is 0 Å². The lowest BCUT2D eigenvalue weighted by Crippen LogP contribution is -2.72. The highest BCUT2D eigenvalue weighted by Crippen LogP contribution is 2.13. The van der Waals surface area contributed by atoms with Gasteiger partial charge in [0.1, 0.15) is 0 Å². The average molecular weight is 110 g/mol. The Balaban J connectivity index is 2.42. The number of hydrogen-bond donors (Lipinski definition) is 0. The van der Waals surface area contributed by atoms with Crippen LogP contribution >= 0.6 is 0 Å². The molecule has 1 saturated heterocycles. The largest absolute Gasteiger partial charge is 0.360 e. The maximum atomic E-state index is 2.33. The first kappa shape index (κ1) is 6.17. The third-order valence-electron chi connectivity index (χ3n) is 2.36. The Kier molecular flexibility index (Phi) is 1.37. The summed E-state index contributed by atoms with van der Waals surface area (Å²) in [7, 11) is 4.30. The van der Waals surface area contributed by atoms with E-state index in [2.05, 4.69) is 37.2 Å². The first-order chi connectivity index (χ1) is 3.64. The van der Waals surface area contributed by atoms with E-state index in [-0.39, 0.29) is 0 Å². The van der Waals surface area contributed by atoms with E-state index in [4.69, 9.17) is 0 Å². The normalized spacial score (nSPS) is 24.0. The van der Waals surface area contributed by atoms with Crippen LogP contribution in [0.1, 0.15) is 0 Å². The van der Waals surface area contributed by atoms with Crippen LogP contribution < -0.4 is 0 Å². The lowest BCUT2D eigenvalue weighted by Gasteiger charge is -2.47. The van der Waals surface area contributed by atoms with Gasteiger partial charge in [-0.15, -0.1) is 0 Å². The van der Waals surface area contributed by atoms with Crippen molar-refractivity contribution >= 4 is 14.0 Å². The fourth-order valence-corrected chi connectivity index (χ4v) is 1.13. The summed E-state index contributed by atoms with van der Waals surface area (Å²) in [4.78, 5) is 0. The summed E-state index contributed by atoms with van der Waals surface area (Å²) in [5, 5.41) is 0. The summed E-state index contributed by atoms with van der Waals surface area (Å²) < 4.78 is 4.67. The monoisotopic (exact) mass is 110 g/mol. The van der Waals surface area contributed by atoms with Crippen LogP contribution in [0.5, 0.6) is 0 Å². The second-order valence-corrected chi connectivity index (χ2v) is 2.59. The maximum absolute atomic E-state index is 2.33. The van der Waals surface area contributed by atoms with Crippen molar-refractivity contribution in [1.82, 2.24) is 9.44 Å². The molecule has 2 nitrogen and oxygen atoms in total. The van der Waals surface area contributed by atoms with Gasteiger partial charge in [-0.25, -0.2) is 0 Å². The quantitative estimate of drug-likeness (QED) is 0.408. The molecule has 8 heavy (non-hydrogen) atoms. The van der Waals surface area contributed by atoms with Crippen LogP contribution in [0.15, 0.2) is 0 Å². The van der Waals surface area contributed by atoms with E-state index in [1.165, 1.54) is 0 Å². The molecule has 0 aliphatic carbocycles. The summed E-state index contributed by atoms with van der Waals surface area (Å²) in [6.45, 7) is 5.70. The fraction of sp³-hybridized carbons (Fsp3) is 1.00. The number of hydrogen-bond acceptors (Lipinski definition) is 2. The van der Waals surface area contributed by atoms with Gasteiger partial charge in [-0.3, -0.25) is 0 Å². The van der Waals surface area contributed by atoms with Crippen LogP contribution in [0, 0.1) is 0 Å². The van der Waals surface area contributed by atoms with Gasteiger partial charge >= 0.3 is 0 Å². The van der Waals surface area contributed by atoms with Gasteiger partial charge in [0.15, 0.2) is 0 Å². The zero-order valence-electron chi connectivity index (χ0n) is 6.05. The molecule has 0 aromatic rings. The van der Waals surface area contributed by atoms with Gasteiger partial charge in [0.2, 0.25) is 0 Å². The third kappa shape index (κ3) is 0.599. The molecule has 1 rings (SSSR count). The maximum Gasteiger partial charge on any atom is 0.286 e. The summed E-state index contributed by atoms with van der Waals surface area (Å²) in [5.41, 5.74) is 0. The number of rotatable bonds is 0. The van der Waals surface area contributed by atoms with Gasteiger partial charge < -0.3 is 9.44 Å². The van der Waals surface area contributed by atoms with Gasteiger partial charge in [-0.05, 0) is 14.1 Å². The third-order valence-corrected chi connectivity index (χ3v) is 2.36. The van der Waals surface area contributed by atoms with Crippen molar-refractivity contribution in [2.24, 2.45) is 0 Å². The van der Waals surface area contributed by atoms with E-state index in [0.717, 1.165) is 0 Å². The summed E-state index contributed by atoms with van der Waals surface area (Å²) >= 11 is 0. The fourth-order valence-electron chi connectivity index (χ4n) is 1.13. The van der Waals surface area contributed by atoms with E-state index < -0.39 is 0 Å². The molecule has 0 amide bonds. The Hall–Kier alpha value is 0.0499. The zero-order valence-corrected chi connectivity index (χ0v) is 6.05. The highest BCUT2D eigenvalue weighted by atomic mass is 15.3. The van der Waals surface area contributed by atoms with Crippen LogP contribution in [-0.4, -0.2) is 37.5 Å². The standard InChI is InChI=1S/C4H12B2N2/c1-5-7(3)6(2)8(5)4/h1-4H3. The van der Waals surface area contributed by atoms with Crippen LogP contribution in [0.25, 0.3) is 0 Å². The Labute approximate surface area is 52.1 Å². The van der Waals surface area contributed by atoms with Gasteiger partial charge in [0.05, 0.1) is 0 Å². The predicted octanol–water partition coefficient (Wildman–Crippen LogP) is 0.0996. The van der Waals surface area contributed by atoms with Crippen molar-refractivity contribution in [2.75, 3.05) is 14.1 Å². The molecule has 44 valence electrons. The second-order valence-electron chi connectivity index (χ2n) is 2.59. The van der Waals surface area contributed by atoms with Gasteiger partial charge in [0.25, 0.3) is 14.0 Å². The topological polar surface area (TPSA) is 6.48 Å². The molecule has 1 aliphatic heterocycles. The summed E-state index contributed by atoms with van der Waals surface area (Å²) in [5.74, 6) is 0. The van der Waals surface area contributed by atoms with E-state index in [9.17, 15) is 0 Å². The van der Waals surface area contributed by atoms with E-state index in [1.807, 2.05) is 0 Å². The molecule has 0 radical (unpaired) electrons. The van der Waals surface area contributed by atoms with Crippen molar-refractivity contribution in [3.8, 4) is 0 Å². The minimum Gasteiger partial charge on any atom is -0.360 e. The highest BCUT2D eigenvalue weighted by Gasteiger charge is 2.40. The van der Waals surface area contributed by atoms with Crippen LogP contribution in [0.3, 0.4) is 0 Å². The molecule has 0 aromatic heterocycles. The van der Waals surface area contributed by atoms with E-state index in [1.54, 1.807) is 0 Å². The first-order valence-electron chi connectivity index (χ1n) is 3.08. The van der Waals surface area contributed by atoms with Crippen LogP contribution in [0.2, 0.25) is 13.6 Å². The predicted molar refractivity (Wildman–Crippen MR) is 38.8 cm³/mol. The molecule has 0 aromatic carbocycles. The van der Waals surface area contributed by atoms with Gasteiger partial charge in [-0.2, -0.15) is 0 Å². The van der Waals surface area contributed by atoms with Gasteiger partial charge in [-0.1, -0.05) is 13.6 Å². The molecule has 1 fully saturated rings. The minimum absolute atomic E-state index is 0.644. The smallest absolute Gasteiger partial charge is 0.286 e. The van der Waals surface area contributed by atoms with Gasteiger partial charge in [0, 0.05) is 0 Å². The van der Waals surface area contributed by atoms with Crippen molar-refractivity contribution in [3.05, 3.63) is 0 Å². The molecule has 1 heterocycles. The molecule has 0 saturated carbocycles. The van der Waals surface area contributed by atoms with Crippen molar-refractivity contribution in [1.29, 1.82) is 0 Å². The summed E-state index contributed by atoms with van der Waals surface area (Å²) in [6, 6.07) is 0. The Morgan fingerprint density at radius 3 is 1.25 bits per heavy atom.